The van der Waals surface area contributed by atoms with Gasteiger partial charge < -0.3 is 15.2 Å². The van der Waals surface area contributed by atoms with Crippen LogP contribution in [0.3, 0.4) is 0 Å². The molecule has 0 unspecified atom stereocenters. The maximum absolute atomic E-state index is 11.9. The van der Waals surface area contributed by atoms with E-state index in [-0.39, 0.29) is 11.4 Å². The first-order valence-corrected chi connectivity index (χ1v) is 7.14. The predicted octanol–water partition coefficient (Wildman–Crippen LogP) is 2.14. The number of amides is 2. The number of nitrogens with zero attached hydrogens (tertiary/aromatic N) is 1. The number of carbonyl (C=O) groups excluding carboxylic acids is 2. The van der Waals surface area contributed by atoms with Crippen LogP contribution in [-0.4, -0.2) is 30.2 Å². The number of aromatic hydroxyl groups is 1. The molecule has 2 aromatic carbocycles. The highest BCUT2D eigenvalue weighted by molar-refractivity contribution is 6.40. The Balaban J connectivity index is 1.98. The minimum absolute atomic E-state index is 0.0658. The third-order valence-electron chi connectivity index (χ3n) is 2.87. The number of methoxy groups -OCH3 is 1. The summed E-state index contributed by atoms with van der Waals surface area (Å²) in [5, 5.41) is 15.7. The van der Waals surface area contributed by atoms with Crippen molar-refractivity contribution in [1.82, 2.24) is 5.43 Å². The fourth-order valence-corrected chi connectivity index (χ4v) is 1.95. The van der Waals surface area contributed by atoms with Gasteiger partial charge in [0, 0.05) is 5.02 Å². The Labute approximate surface area is 142 Å². The molecule has 0 heterocycles. The molecule has 0 saturated heterocycles. The molecule has 0 atom stereocenters. The number of anilines is 1. The molecule has 0 aliphatic heterocycles. The molecule has 2 amide bonds. The van der Waals surface area contributed by atoms with Crippen LogP contribution < -0.4 is 15.5 Å². The highest BCUT2D eigenvalue weighted by Gasteiger charge is 2.15. The molecule has 0 aliphatic carbocycles. The van der Waals surface area contributed by atoms with Gasteiger partial charge in [-0.1, -0.05) is 23.7 Å². The Kier molecular flexibility index (Phi) is 5.75. The smallest absolute Gasteiger partial charge is 0.329 e. The standard InChI is InChI=1S/C16H14ClN3O4/c1-24-14-6-5-11(17)8-13(14)19-15(22)16(23)20-18-9-10-3-2-4-12(21)7-10/h2-9,21H,1H3,(H,19,22)(H,20,23)/b18-9-. The summed E-state index contributed by atoms with van der Waals surface area (Å²) in [6, 6.07) is 10.9. The quantitative estimate of drug-likeness (QED) is 0.448. The Morgan fingerprint density at radius 3 is 2.71 bits per heavy atom. The van der Waals surface area contributed by atoms with Crippen LogP contribution in [0.1, 0.15) is 5.56 Å². The van der Waals surface area contributed by atoms with Gasteiger partial charge in [0.15, 0.2) is 0 Å². The molecule has 0 bridgehead atoms. The van der Waals surface area contributed by atoms with E-state index < -0.39 is 11.8 Å². The van der Waals surface area contributed by atoms with Crippen molar-refractivity contribution in [3.63, 3.8) is 0 Å². The van der Waals surface area contributed by atoms with Gasteiger partial charge in [0.2, 0.25) is 0 Å². The number of hydrogen-bond donors (Lipinski definition) is 3. The maximum atomic E-state index is 11.9. The highest BCUT2D eigenvalue weighted by atomic mass is 35.5. The summed E-state index contributed by atoms with van der Waals surface area (Å²) < 4.78 is 5.07. The minimum atomic E-state index is -0.964. The van der Waals surface area contributed by atoms with Crippen molar-refractivity contribution in [1.29, 1.82) is 0 Å². The predicted molar refractivity (Wildman–Crippen MR) is 90.5 cm³/mol. The second-order valence-electron chi connectivity index (χ2n) is 4.59. The monoisotopic (exact) mass is 347 g/mol. The Morgan fingerprint density at radius 2 is 2.00 bits per heavy atom. The lowest BCUT2D eigenvalue weighted by atomic mass is 10.2. The number of halogens is 1. The minimum Gasteiger partial charge on any atom is -0.508 e. The van der Waals surface area contributed by atoms with Crippen LogP contribution in [0.2, 0.25) is 5.02 Å². The average molecular weight is 348 g/mol. The van der Waals surface area contributed by atoms with Crippen molar-refractivity contribution >= 4 is 35.3 Å². The van der Waals surface area contributed by atoms with Crippen molar-refractivity contribution in [2.75, 3.05) is 12.4 Å². The molecule has 0 fully saturated rings. The fourth-order valence-electron chi connectivity index (χ4n) is 1.78. The van der Waals surface area contributed by atoms with Crippen LogP contribution >= 0.6 is 11.6 Å². The van der Waals surface area contributed by atoms with E-state index in [4.69, 9.17) is 16.3 Å². The van der Waals surface area contributed by atoms with Gasteiger partial charge in [-0.05, 0) is 35.9 Å². The number of benzene rings is 2. The molecular weight excluding hydrogens is 334 g/mol. The topological polar surface area (TPSA) is 100 Å². The first-order chi connectivity index (χ1) is 11.5. The Morgan fingerprint density at radius 1 is 1.21 bits per heavy atom. The molecular formula is C16H14ClN3O4. The number of hydrazone groups is 1. The zero-order valence-electron chi connectivity index (χ0n) is 12.6. The summed E-state index contributed by atoms with van der Waals surface area (Å²) in [5.74, 6) is -1.46. The lowest BCUT2D eigenvalue weighted by molar-refractivity contribution is -0.136. The third-order valence-corrected chi connectivity index (χ3v) is 3.10. The summed E-state index contributed by atoms with van der Waals surface area (Å²) in [4.78, 5) is 23.6. The molecule has 2 aromatic rings. The van der Waals surface area contributed by atoms with E-state index in [1.165, 1.54) is 31.5 Å². The molecule has 24 heavy (non-hydrogen) atoms. The van der Waals surface area contributed by atoms with E-state index in [9.17, 15) is 14.7 Å². The van der Waals surface area contributed by atoms with Crippen molar-refractivity contribution < 1.29 is 19.4 Å². The second kappa shape index (κ2) is 7.98. The van der Waals surface area contributed by atoms with Crippen LogP contribution in [0.4, 0.5) is 5.69 Å². The van der Waals surface area contributed by atoms with E-state index in [1.54, 1.807) is 24.3 Å². The highest BCUT2D eigenvalue weighted by Crippen LogP contribution is 2.27. The summed E-state index contributed by atoms with van der Waals surface area (Å²) in [6.45, 7) is 0. The first-order valence-electron chi connectivity index (χ1n) is 6.76. The van der Waals surface area contributed by atoms with Crippen LogP contribution in [0.5, 0.6) is 11.5 Å². The van der Waals surface area contributed by atoms with Crippen molar-refractivity contribution in [3.05, 3.63) is 53.1 Å². The zero-order chi connectivity index (χ0) is 17.5. The fraction of sp³-hybridized carbons (Fsp3) is 0.0625. The average Bonchev–Trinajstić information content (AvgIpc) is 2.55. The number of phenolic OH excluding ortho intramolecular Hbond substituents is 1. The van der Waals surface area contributed by atoms with Gasteiger partial charge in [0.25, 0.3) is 0 Å². The normalized spacial score (nSPS) is 10.4. The molecule has 2 rings (SSSR count). The molecule has 0 saturated carbocycles. The number of carbonyl (C=O) groups is 2. The van der Waals surface area contributed by atoms with Crippen LogP contribution in [-0.2, 0) is 9.59 Å². The van der Waals surface area contributed by atoms with E-state index in [2.05, 4.69) is 15.8 Å². The van der Waals surface area contributed by atoms with E-state index >= 15 is 0 Å². The van der Waals surface area contributed by atoms with Gasteiger partial charge in [-0.2, -0.15) is 5.10 Å². The van der Waals surface area contributed by atoms with Crippen molar-refractivity contribution in [2.24, 2.45) is 5.10 Å². The molecule has 0 aliphatic rings. The van der Waals surface area contributed by atoms with Gasteiger partial charge in [-0.3, -0.25) is 9.59 Å². The van der Waals surface area contributed by atoms with Gasteiger partial charge in [0.05, 0.1) is 19.0 Å². The lowest BCUT2D eigenvalue weighted by Crippen LogP contribution is -2.32. The third kappa shape index (κ3) is 4.72. The maximum Gasteiger partial charge on any atom is 0.329 e. The van der Waals surface area contributed by atoms with Gasteiger partial charge in [-0.15, -0.1) is 0 Å². The van der Waals surface area contributed by atoms with E-state index in [0.717, 1.165) is 0 Å². The SMILES string of the molecule is COc1ccc(Cl)cc1NC(=O)C(=O)N/N=C\c1cccc(O)c1. The second-order valence-corrected chi connectivity index (χ2v) is 5.03. The molecule has 0 aromatic heterocycles. The molecule has 7 nitrogen and oxygen atoms in total. The summed E-state index contributed by atoms with van der Waals surface area (Å²) in [7, 11) is 1.43. The van der Waals surface area contributed by atoms with Crippen molar-refractivity contribution in [2.45, 2.75) is 0 Å². The largest absolute Gasteiger partial charge is 0.508 e. The zero-order valence-corrected chi connectivity index (χ0v) is 13.4. The molecule has 3 N–H and O–H groups in total. The number of rotatable bonds is 4. The number of ether oxygens (including phenoxy) is 1. The first kappa shape index (κ1) is 17.3. The summed E-state index contributed by atoms with van der Waals surface area (Å²) in [5.41, 5.74) is 2.91. The van der Waals surface area contributed by atoms with Crippen LogP contribution in [0.25, 0.3) is 0 Å². The van der Waals surface area contributed by atoms with Gasteiger partial charge >= 0.3 is 11.8 Å². The Bertz CT molecular complexity index is 793. The van der Waals surface area contributed by atoms with Gasteiger partial charge in [-0.25, -0.2) is 5.43 Å². The van der Waals surface area contributed by atoms with Crippen molar-refractivity contribution in [3.8, 4) is 11.5 Å². The summed E-state index contributed by atoms with van der Waals surface area (Å²) >= 11 is 5.85. The lowest BCUT2D eigenvalue weighted by Gasteiger charge is -2.09. The van der Waals surface area contributed by atoms with Crippen LogP contribution in [0, 0.1) is 0 Å². The number of hydrogen-bond acceptors (Lipinski definition) is 5. The molecule has 0 spiro atoms. The number of nitrogens with one attached hydrogen (secondary N) is 2. The summed E-state index contributed by atoms with van der Waals surface area (Å²) in [6.07, 6.45) is 1.30. The van der Waals surface area contributed by atoms with E-state index in [0.29, 0.717) is 16.3 Å². The molecule has 0 radical (unpaired) electrons. The van der Waals surface area contributed by atoms with Crippen LogP contribution in [0.15, 0.2) is 47.6 Å². The number of phenols is 1. The van der Waals surface area contributed by atoms with Gasteiger partial charge in [0.1, 0.15) is 11.5 Å². The molecule has 124 valence electrons. The van der Waals surface area contributed by atoms with E-state index in [1.807, 2.05) is 0 Å². The Hall–Kier alpha value is -3.06. The molecule has 8 heteroatoms.